The maximum atomic E-state index is 12.4. The fraction of sp³-hybridized carbons (Fsp3) is 0.400. The van der Waals surface area contributed by atoms with Gasteiger partial charge in [-0.2, -0.15) is 0 Å². The third-order valence-corrected chi connectivity index (χ3v) is 5.50. The first-order chi connectivity index (χ1) is 12.3. The summed E-state index contributed by atoms with van der Waals surface area (Å²) < 4.78 is 6.46. The molecule has 1 amide bonds. The van der Waals surface area contributed by atoms with Gasteiger partial charge in [0.15, 0.2) is 5.16 Å². The van der Waals surface area contributed by atoms with E-state index in [1.165, 1.54) is 16.7 Å². The van der Waals surface area contributed by atoms with Gasteiger partial charge < -0.3 is 10.1 Å². The number of methoxy groups -OCH3 is 1. The highest BCUT2D eigenvalue weighted by Crippen LogP contribution is 2.33. The zero-order valence-corrected chi connectivity index (χ0v) is 17.1. The summed E-state index contributed by atoms with van der Waals surface area (Å²) in [5.74, 6) is -0.311. The Kier molecular flexibility index (Phi) is 7.85. The summed E-state index contributed by atoms with van der Waals surface area (Å²) in [6.45, 7) is 2.66. The quantitative estimate of drug-likeness (QED) is 0.372. The first-order valence-electron chi connectivity index (χ1n) is 7.59. The number of rotatable bonds is 8. The van der Waals surface area contributed by atoms with Gasteiger partial charge >= 0.3 is 5.69 Å². The maximum Gasteiger partial charge on any atom is 0.343 e. The minimum atomic E-state index is -0.531. The van der Waals surface area contributed by atoms with Crippen molar-refractivity contribution in [3.63, 3.8) is 0 Å². The van der Waals surface area contributed by atoms with Crippen molar-refractivity contribution in [2.24, 2.45) is 0 Å². The Morgan fingerprint density at radius 2 is 2.04 bits per heavy atom. The summed E-state index contributed by atoms with van der Waals surface area (Å²) in [5, 5.41) is 9.81. The average molecular weight is 440 g/mol. The van der Waals surface area contributed by atoms with Crippen LogP contribution in [0.3, 0.4) is 0 Å². The minimum absolute atomic E-state index is 0.279. The number of hydrogen-bond acceptors (Lipinski definition) is 5. The summed E-state index contributed by atoms with van der Waals surface area (Å²) in [5.41, 5.74) is 0.0294. The molecule has 0 spiro atoms. The number of amides is 1. The van der Waals surface area contributed by atoms with E-state index in [0.717, 1.165) is 11.8 Å². The number of benzene rings is 1. The number of carbonyl (C=O) groups is 1. The lowest BCUT2D eigenvalue weighted by Crippen LogP contribution is -2.24. The Hall–Kier alpha value is -1.19. The number of nitrogens with zero attached hydrogens (tertiary/aromatic N) is 2. The van der Waals surface area contributed by atoms with Gasteiger partial charge in [0.25, 0.3) is 0 Å². The van der Waals surface area contributed by atoms with Gasteiger partial charge in [-0.1, -0.05) is 46.6 Å². The summed E-state index contributed by atoms with van der Waals surface area (Å²) >= 11 is 19.1. The fourth-order valence-corrected chi connectivity index (χ4v) is 3.50. The number of thioether (sulfide) groups is 1. The summed E-state index contributed by atoms with van der Waals surface area (Å²) in [6, 6.07) is 2.94. The topological polar surface area (TPSA) is 89.0 Å². The molecule has 7 nitrogen and oxygen atoms in total. The lowest BCUT2D eigenvalue weighted by atomic mass is 10.3. The molecule has 0 aliphatic carbocycles. The van der Waals surface area contributed by atoms with Crippen molar-refractivity contribution in [3.8, 4) is 0 Å². The second-order valence-corrected chi connectivity index (χ2v) is 7.83. The monoisotopic (exact) mass is 438 g/mol. The van der Waals surface area contributed by atoms with Crippen LogP contribution in [0.5, 0.6) is 0 Å². The third kappa shape index (κ3) is 5.40. The standard InChI is InChI=1S/C15H17Cl3N4O3S/c1-8(13(23)19-12-7-10(17)9(16)6-11(12)18)26-15-21-20-14(24)22(15)4-3-5-25-2/h6-8H,3-5H2,1-2H3,(H,19,23)(H,20,24). The van der Waals surface area contributed by atoms with Crippen LogP contribution in [0, 0.1) is 0 Å². The fourth-order valence-electron chi connectivity index (χ4n) is 2.02. The molecule has 1 atom stereocenters. The van der Waals surface area contributed by atoms with E-state index in [9.17, 15) is 9.59 Å². The second-order valence-electron chi connectivity index (χ2n) is 5.30. The van der Waals surface area contributed by atoms with Gasteiger partial charge in [-0.3, -0.25) is 9.36 Å². The molecule has 0 radical (unpaired) electrons. The maximum absolute atomic E-state index is 12.4. The smallest absolute Gasteiger partial charge is 0.343 e. The van der Waals surface area contributed by atoms with Crippen molar-refractivity contribution in [2.45, 2.75) is 30.3 Å². The third-order valence-electron chi connectivity index (χ3n) is 3.37. The van der Waals surface area contributed by atoms with Gasteiger partial charge in [0, 0.05) is 20.3 Å². The first kappa shape index (κ1) is 21.1. The van der Waals surface area contributed by atoms with Crippen LogP contribution >= 0.6 is 46.6 Å². The molecule has 0 aliphatic rings. The van der Waals surface area contributed by atoms with Crippen molar-refractivity contribution in [3.05, 3.63) is 37.7 Å². The van der Waals surface area contributed by atoms with Crippen molar-refractivity contribution in [1.82, 2.24) is 14.8 Å². The molecule has 11 heteroatoms. The van der Waals surface area contributed by atoms with E-state index in [-0.39, 0.29) is 21.6 Å². The van der Waals surface area contributed by atoms with E-state index >= 15 is 0 Å². The summed E-state index contributed by atoms with van der Waals surface area (Å²) in [4.78, 5) is 24.3. The number of aromatic amines is 1. The zero-order chi connectivity index (χ0) is 19.3. The van der Waals surface area contributed by atoms with E-state index in [1.54, 1.807) is 14.0 Å². The number of anilines is 1. The average Bonchev–Trinajstić information content (AvgIpc) is 2.93. The van der Waals surface area contributed by atoms with Gasteiger partial charge in [-0.15, -0.1) is 5.10 Å². The number of aromatic nitrogens is 3. The Labute approximate surface area is 169 Å². The van der Waals surface area contributed by atoms with Crippen LogP contribution in [0.1, 0.15) is 13.3 Å². The predicted octanol–water partition coefficient (Wildman–Crippen LogP) is 3.69. The van der Waals surface area contributed by atoms with Gasteiger partial charge in [0.05, 0.1) is 26.0 Å². The molecule has 1 unspecified atom stereocenters. The zero-order valence-electron chi connectivity index (χ0n) is 14.0. The molecule has 2 aromatic rings. The normalized spacial score (nSPS) is 12.2. The molecular formula is C15H17Cl3N4O3S. The summed E-state index contributed by atoms with van der Waals surface area (Å²) in [6.07, 6.45) is 0.656. The van der Waals surface area contributed by atoms with Gasteiger partial charge in [-0.05, 0) is 25.5 Å². The Morgan fingerprint density at radius 1 is 1.35 bits per heavy atom. The van der Waals surface area contributed by atoms with Crippen molar-refractivity contribution < 1.29 is 9.53 Å². The van der Waals surface area contributed by atoms with Crippen molar-refractivity contribution >= 4 is 58.2 Å². The largest absolute Gasteiger partial charge is 0.385 e. The minimum Gasteiger partial charge on any atom is -0.385 e. The Bertz CT molecular complexity index is 840. The van der Waals surface area contributed by atoms with E-state index in [4.69, 9.17) is 39.5 Å². The molecule has 0 saturated carbocycles. The van der Waals surface area contributed by atoms with Crippen LogP contribution in [0.4, 0.5) is 5.69 Å². The number of ether oxygens (including phenoxy) is 1. The van der Waals surface area contributed by atoms with E-state index in [1.807, 2.05) is 0 Å². The van der Waals surface area contributed by atoms with Crippen LogP contribution in [0.2, 0.25) is 15.1 Å². The molecule has 2 rings (SSSR count). The molecule has 0 saturated heterocycles. The lowest BCUT2D eigenvalue weighted by molar-refractivity contribution is -0.115. The molecule has 2 N–H and O–H groups in total. The highest BCUT2D eigenvalue weighted by molar-refractivity contribution is 8.00. The molecule has 26 heavy (non-hydrogen) atoms. The Morgan fingerprint density at radius 3 is 2.73 bits per heavy atom. The van der Waals surface area contributed by atoms with E-state index in [2.05, 4.69) is 15.5 Å². The molecule has 1 aromatic heterocycles. The molecule has 1 aromatic carbocycles. The number of hydrogen-bond donors (Lipinski definition) is 2. The molecular weight excluding hydrogens is 423 g/mol. The molecule has 1 heterocycles. The number of carbonyl (C=O) groups excluding carboxylic acids is 1. The van der Waals surface area contributed by atoms with Gasteiger partial charge in [0.2, 0.25) is 5.91 Å². The lowest BCUT2D eigenvalue weighted by Gasteiger charge is -2.13. The van der Waals surface area contributed by atoms with E-state index in [0.29, 0.717) is 35.4 Å². The number of halogens is 3. The van der Waals surface area contributed by atoms with Crippen LogP contribution in [-0.2, 0) is 16.1 Å². The number of H-pyrrole nitrogens is 1. The predicted molar refractivity (Wildman–Crippen MR) is 105 cm³/mol. The van der Waals surface area contributed by atoms with Crippen LogP contribution in [-0.4, -0.2) is 39.6 Å². The van der Waals surface area contributed by atoms with Crippen molar-refractivity contribution in [1.29, 1.82) is 0 Å². The SMILES string of the molecule is COCCCn1c(SC(C)C(=O)Nc2cc(Cl)c(Cl)cc2Cl)n[nH]c1=O. The summed E-state index contributed by atoms with van der Waals surface area (Å²) in [7, 11) is 1.59. The Balaban J connectivity index is 2.06. The number of nitrogens with one attached hydrogen (secondary N) is 2. The van der Waals surface area contributed by atoms with Crippen LogP contribution < -0.4 is 11.0 Å². The van der Waals surface area contributed by atoms with Gasteiger partial charge in [0.1, 0.15) is 0 Å². The van der Waals surface area contributed by atoms with Crippen LogP contribution in [0.15, 0.2) is 22.1 Å². The second kappa shape index (κ2) is 9.66. The van der Waals surface area contributed by atoms with E-state index < -0.39 is 5.25 Å². The highest BCUT2D eigenvalue weighted by Gasteiger charge is 2.20. The van der Waals surface area contributed by atoms with Crippen molar-refractivity contribution in [2.75, 3.05) is 19.0 Å². The molecule has 142 valence electrons. The first-order valence-corrected chi connectivity index (χ1v) is 9.61. The molecule has 0 fully saturated rings. The molecule has 0 aliphatic heterocycles. The molecule has 0 bridgehead atoms. The van der Waals surface area contributed by atoms with Crippen LogP contribution in [0.25, 0.3) is 0 Å². The van der Waals surface area contributed by atoms with Gasteiger partial charge in [-0.25, -0.2) is 9.89 Å². The highest BCUT2D eigenvalue weighted by atomic mass is 35.5.